The van der Waals surface area contributed by atoms with Gasteiger partial charge in [0.2, 0.25) is 0 Å². The minimum Gasteiger partial charge on any atom is -0.481 e. The zero-order chi connectivity index (χ0) is 10.3. The van der Waals surface area contributed by atoms with Crippen LogP contribution in [0.2, 0.25) is 0 Å². The summed E-state index contributed by atoms with van der Waals surface area (Å²) in [5.74, 6) is -1.60. The Morgan fingerprint density at radius 3 is 2.62 bits per heavy atom. The first kappa shape index (κ1) is 12.3. The van der Waals surface area contributed by atoms with Crippen LogP contribution in [0.4, 0.5) is 0 Å². The Bertz CT molecular complexity index is 181. The zero-order valence-electron chi connectivity index (χ0n) is 7.52. The number of thiol groups is 1. The fraction of sp³-hybridized carbons (Fsp3) is 0.750. The summed E-state index contributed by atoms with van der Waals surface area (Å²) in [6.45, 7) is 2.31. The molecule has 0 aliphatic carbocycles. The van der Waals surface area contributed by atoms with Gasteiger partial charge in [-0.3, -0.25) is 9.59 Å². The summed E-state index contributed by atoms with van der Waals surface area (Å²) in [5, 5.41) is 7.50. The van der Waals surface area contributed by atoms with Crippen molar-refractivity contribution < 1.29 is 19.4 Å². The highest BCUT2D eigenvalue weighted by molar-refractivity contribution is 7.81. The molecule has 0 radical (unpaired) electrons. The van der Waals surface area contributed by atoms with E-state index in [1.165, 1.54) is 0 Å². The van der Waals surface area contributed by atoms with Crippen molar-refractivity contribution in [1.29, 1.82) is 0 Å². The van der Waals surface area contributed by atoms with Crippen molar-refractivity contribution in [3.05, 3.63) is 0 Å². The number of ether oxygens (including phenoxy) is 1. The quantitative estimate of drug-likeness (QED) is 0.388. The van der Waals surface area contributed by atoms with E-state index in [2.05, 4.69) is 12.6 Å². The molecule has 13 heavy (non-hydrogen) atoms. The molecular formula is C8H14O4S. The molecule has 0 spiro atoms. The van der Waals surface area contributed by atoms with Gasteiger partial charge in [0.05, 0.1) is 13.0 Å². The first-order chi connectivity index (χ1) is 6.07. The average molecular weight is 206 g/mol. The Kier molecular flexibility index (Phi) is 6.40. The second kappa shape index (κ2) is 6.77. The topological polar surface area (TPSA) is 63.6 Å². The van der Waals surface area contributed by atoms with Crippen LogP contribution < -0.4 is 0 Å². The van der Waals surface area contributed by atoms with Crippen molar-refractivity contribution in [3.8, 4) is 0 Å². The number of carboxylic acids is 1. The van der Waals surface area contributed by atoms with Crippen molar-refractivity contribution in [2.45, 2.75) is 31.4 Å². The van der Waals surface area contributed by atoms with Crippen LogP contribution in [0.5, 0.6) is 0 Å². The first-order valence-corrected chi connectivity index (χ1v) is 4.66. The van der Waals surface area contributed by atoms with E-state index in [0.717, 1.165) is 12.8 Å². The van der Waals surface area contributed by atoms with Gasteiger partial charge >= 0.3 is 11.9 Å². The third-order valence-electron chi connectivity index (χ3n) is 1.38. The lowest BCUT2D eigenvalue weighted by molar-refractivity contribution is -0.147. The summed E-state index contributed by atoms with van der Waals surface area (Å²) in [4.78, 5) is 21.2. The molecule has 5 heteroatoms. The van der Waals surface area contributed by atoms with E-state index in [9.17, 15) is 9.59 Å². The van der Waals surface area contributed by atoms with Crippen molar-refractivity contribution in [2.24, 2.45) is 0 Å². The molecule has 0 aromatic rings. The number of carbonyl (C=O) groups is 2. The van der Waals surface area contributed by atoms with Crippen LogP contribution in [0, 0.1) is 0 Å². The van der Waals surface area contributed by atoms with Gasteiger partial charge in [0.1, 0.15) is 5.25 Å². The molecule has 0 saturated heterocycles. The number of hydrogen-bond acceptors (Lipinski definition) is 4. The van der Waals surface area contributed by atoms with Gasteiger partial charge < -0.3 is 9.84 Å². The van der Waals surface area contributed by atoms with Gasteiger partial charge in [-0.15, -0.1) is 0 Å². The maximum Gasteiger partial charge on any atom is 0.319 e. The molecule has 0 bridgehead atoms. The minimum atomic E-state index is -1.05. The summed E-state index contributed by atoms with van der Waals surface area (Å²) in [7, 11) is 0. The SMILES string of the molecule is CCCCOC(=O)C(S)CC(=O)O. The van der Waals surface area contributed by atoms with E-state index in [1.807, 2.05) is 6.92 Å². The summed E-state index contributed by atoms with van der Waals surface area (Å²) in [5.41, 5.74) is 0. The molecule has 0 amide bonds. The molecule has 1 N–H and O–H groups in total. The van der Waals surface area contributed by atoms with Crippen LogP contribution in [0.3, 0.4) is 0 Å². The fourth-order valence-corrected chi connectivity index (χ4v) is 0.893. The highest BCUT2D eigenvalue weighted by Crippen LogP contribution is 2.04. The number of carboxylic acid groups (broad SMARTS) is 1. The number of rotatable bonds is 6. The molecule has 0 fully saturated rings. The predicted octanol–water partition coefficient (Wildman–Crippen LogP) is 1.10. The van der Waals surface area contributed by atoms with Crippen molar-refractivity contribution in [1.82, 2.24) is 0 Å². The van der Waals surface area contributed by atoms with Crippen LogP contribution in [-0.2, 0) is 14.3 Å². The molecule has 0 aliphatic heterocycles. The molecule has 0 saturated carbocycles. The van der Waals surface area contributed by atoms with E-state index >= 15 is 0 Å². The molecule has 4 nitrogen and oxygen atoms in total. The van der Waals surface area contributed by atoms with Crippen molar-refractivity contribution >= 4 is 24.6 Å². The number of aliphatic carboxylic acids is 1. The smallest absolute Gasteiger partial charge is 0.319 e. The van der Waals surface area contributed by atoms with E-state index in [1.54, 1.807) is 0 Å². The molecule has 0 aromatic heterocycles. The van der Waals surface area contributed by atoms with Crippen LogP contribution >= 0.6 is 12.6 Å². The standard InChI is InChI=1S/C8H14O4S/c1-2-3-4-12-8(11)6(13)5-7(9)10/h6,13H,2-5H2,1H3,(H,9,10). The zero-order valence-corrected chi connectivity index (χ0v) is 8.42. The fourth-order valence-electron chi connectivity index (χ4n) is 0.662. The van der Waals surface area contributed by atoms with Gasteiger partial charge in [-0.05, 0) is 6.42 Å². The molecule has 0 rings (SSSR count). The molecule has 0 heterocycles. The summed E-state index contributed by atoms with van der Waals surface area (Å²) < 4.78 is 4.77. The molecule has 76 valence electrons. The molecular weight excluding hydrogens is 192 g/mol. The number of hydrogen-bond donors (Lipinski definition) is 2. The Balaban J connectivity index is 3.63. The normalized spacial score (nSPS) is 12.2. The van der Waals surface area contributed by atoms with Crippen molar-refractivity contribution in [3.63, 3.8) is 0 Å². The lowest BCUT2D eigenvalue weighted by Gasteiger charge is -2.07. The lowest BCUT2D eigenvalue weighted by Crippen LogP contribution is -2.21. The summed E-state index contributed by atoms with van der Waals surface area (Å²) in [6, 6.07) is 0. The van der Waals surface area contributed by atoms with Gasteiger partial charge in [-0.1, -0.05) is 13.3 Å². The van der Waals surface area contributed by atoms with Gasteiger partial charge in [-0.25, -0.2) is 0 Å². The Morgan fingerprint density at radius 1 is 1.54 bits per heavy atom. The number of carbonyl (C=O) groups excluding carboxylic acids is 1. The summed E-state index contributed by atoms with van der Waals surface area (Å²) in [6.07, 6.45) is 1.43. The van der Waals surface area contributed by atoms with Crippen LogP contribution in [0.15, 0.2) is 0 Å². The summed E-state index contributed by atoms with van der Waals surface area (Å²) >= 11 is 3.81. The molecule has 1 atom stereocenters. The van der Waals surface area contributed by atoms with Crippen molar-refractivity contribution in [2.75, 3.05) is 6.61 Å². The van der Waals surface area contributed by atoms with E-state index in [-0.39, 0.29) is 6.42 Å². The maximum absolute atomic E-state index is 11.0. The maximum atomic E-state index is 11.0. The lowest BCUT2D eigenvalue weighted by atomic mass is 10.3. The molecule has 0 aromatic carbocycles. The minimum absolute atomic E-state index is 0.298. The first-order valence-electron chi connectivity index (χ1n) is 4.14. The highest BCUT2D eigenvalue weighted by Gasteiger charge is 2.18. The molecule has 0 aliphatic rings. The Labute approximate surface area is 82.7 Å². The third-order valence-corrected chi connectivity index (χ3v) is 1.78. The Morgan fingerprint density at radius 2 is 2.15 bits per heavy atom. The predicted molar refractivity (Wildman–Crippen MR) is 50.9 cm³/mol. The Hall–Kier alpha value is -0.710. The van der Waals surface area contributed by atoms with Gasteiger partial charge in [0.15, 0.2) is 0 Å². The largest absolute Gasteiger partial charge is 0.481 e. The third kappa shape index (κ3) is 6.45. The number of unbranched alkanes of at least 4 members (excludes halogenated alkanes) is 1. The van der Waals surface area contributed by atoms with Gasteiger partial charge in [0.25, 0.3) is 0 Å². The molecule has 1 unspecified atom stereocenters. The monoisotopic (exact) mass is 206 g/mol. The van der Waals surface area contributed by atoms with E-state index in [4.69, 9.17) is 9.84 Å². The van der Waals surface area contributed by atoms with Crippen LogP contribution in [-0.4, -0.2) is 28.9 Å². The second-order valence-electron chi connectivity index (χ2n) is 2.63. The van der Waals surface area contributed by atoms with E-state index < -0.39 is 17.2 Å². The van der Waals surface area contributed by atoms with Crippen LogP contribution in [0.25, 0.3) is 0 Å². The highest BCUT2D eigenvalue weighted by atomic mass is 32.1. The van der Waals surface area contributed by atoms with Gasteiger partial charge in [-0.2, -0.15) is 12.6 Å². The van der Waals surface area contributed by atoms with Crippen LogP contribution in [0.1, 0.15) is 26.2 Å². The van der Waals surface area contributed by atoms with Gasteiger partial charge in [0, 0.05) is 0 Å². The van der Waals surface area contributed by atoms with E-state index in [0.29, 0.717) is 6.61 Å². The average Bonchev–Trinajstić information content (AvgIpc) is 2.03. The second-order valence-corrected chi connectivity index (χ2v) is 3.26. The number of esters is 1.